The van der Waals surface area contributed by atoms with E-state index in [1.807, 2.05) is 0 Å². The van der Waals surface area contributed by atoms with Gasteiger partial charge in [-0.25, -0.2) is 23.8 Å². The lowest BCUT2D eigenvalue weighted by Crippen LogP contribution is -2.48. The van der Waals surface area contributed by atoms with Gasteiger partial charge < -0.3 is 19.7 Å². The lowest BCUT2D eigenvalue weighted by atomic mass is 10.1. The van der Waals surface area contributed by atoms with Crippen molar-refractivity contribution in [2.75, 3.05) is 42.5 Å². The van der Waals surface area contributed by atoms with Gasteiger partial charge in [0.15, 0.2) is 11.6 Å². The largest absolute Gasteiger partial charge is 0.444 e. The second-order valence-electron chi connectivity index (χ2n) is 8.28. The van der Waals surface area contributed by atoms with E-state index < -0.39 is 29.9 Å². The van der Waals surface area contributed by atoms with E-state index >= 15 is 8.78 Å². The second-order valence-corrected chi connectivity index (χ2v) is 8.28. The normalized spacial score (nSPS) is 18.4. The van der Waals surface area contributed by atoms with E-state index in [0.29, 0.717) is 12.1 Å². The third kappa shape index (κ3) is 5.82. The van der Waals surface area contributed by atoms with Crippen LogP contribution < -0.4 is 20.5 Å². The molecule has 0 aliphatic carbocycles. The minimum atomic E-state index is -0.830. The average Bonchev–Trinajstić information content (AvgIpc) is 3.39. The monoisotopic (exact) mass is 492 g/mol. The molecule has 3 heterocycles. The summed E-state index contributed by atoms with van der Waals surface area (Å²) in [5.41, 5.74) is 3.30. The number of benzene rings is 1. The molecule has 0 saturated carbocycles. The van der Waals surface area contributed by atoms with E-state index in [-0.39, 0.29) is 62.8 Å². The number of Topliss-reactive ketones (excluding diaryl/α,β-unsaturated/α-hetero) is 1. The number of ketones is 1. The molecule has 0 unspecified atom stereocenters. The van der Waals surface area contributed by atoms with Crippen LogP contribution in [0.25, 0.3) is 0 Å². The number of hydrogen-bond donors (Lipinski definition) is 3. The molecule has 2 aromatic rings. The maximum absolute atomic E-state index is 15.1. The molecular formula is C21H26F2N8O4. The number of anilines is 2. The van der Waals surface area contributed by atoms with E-state index in [0.717, 1.165) is 17.0 Å². The maximum Gasteiger partial charge on any atom is 0.414 e. The molecule has 4 rings (SSSR count). The molecule has 3 N–H and O–H groups in total. The van der Waals surface area contributed by atoms with Crippen LogP contribution in [0.2, 0.25) is 0 Å². The Balaban J connectivity index is 1.39. The average molecular weight is 492 g/mol. The summed E-state index contributed by atoms with van der Waals surface area (Å²) in [6.07, 6.45) is 0.864. The summed E-state index contributed by atoms with van der Waals surface area (Å²) in [5, 5.41) is 14.0. The van der Waals surface area contributed by atoms with Crippen LogP contribution in [-0.4, -0.2) is 77.2 Å². The lowest BCUT2D eigenvalue weighted by molar-refractivity contribution is -0.117. The highest BCUT2D eigenvalue weighted by Gasteiger charge is 2.34. The van der Waals surface area contributed by atoms with Crippen LogP contribution >= 0.6 is 0 Å². The first-order valence-corrected chi connectivity index (χ1v) is 11.2. The van der Waals surface area contributed by atoms with Crippen molar-refractivity contribution in [2.45, 2.75) is 32.4 Å². The van der Waals surface area contributed by atoms with Crippen molar-refractivity contribution in [1.82, 2.24) is 31.2 Å². The van der Waals surface area contributed by atoms with Crippen molar-refractivity contribution in [1.29, 1.82) is 0 Å². The predicted octanol–water partition coefficient (Wildman–Crippen LogP) is 1.31. The minimum Gasteiger partial charge on any atom is -0.444 e. The van der Waals surface area contributed by atoms with Gasteiger partial charge in [-0.1, -0.05) is 0 Å². The van der Waals surface area contributed by atoms with Crippen LogP contribution in [-0.2, 0) is 16.1 Å². The van der Waals surface area contributed by atoms with E-state index in [1.165, 1.54) is 23.0 Å². The minimum absolute atomic E-state index is 0.0288. The number of H-pyrrole nitrogens is 1. The molecule has 2 saturated heterocycles. The number of nitrogens with one attached hydrogen (secondary N) is 3. The summed E-state index contributed by atoms with van der Waals surface area (Å²) >= 11 is 0. The Kier molecular flexibility index (Phi) is 7.39. The third-order valence-electron chi connectivity index (χ3n) is 5.73. The summed E-state index contributed by atoms with van der Waals surface area (Å²) in [6.45, 7) is 2.60. The fraction of sp³-hybridized carbons (Fsp3) is 0.476. The van der Waals surface area contributed by atoms with Gasteiger partial charge in [0.05, 0.1) is 31.5 Å². The molecule has 3 amide bonds. The van der Waals surface area contributed by atoms with E-state index in [4.69, 9.17) is 4.74 Å². The molecule has 0 radical (unpaired) electrons. The summed E-state index contributed by atoms with van der Waals surface area (Å²) in [5.74, 6) is -1.69. The molecule has 0 spiro atoms. The fourth-order valence-electron chi connectivity index (χ4n) is 3.96. The van der Waals surface area contributed by atoms with Crippen LogP contribution in [0.5, 0.6) is 0 Å². The van der Waals surface area contributed by atoms with Crippen molar-refractivity contribution in [2.24, 2.45) is 0 Å². The number of aromatic amines is 1. The molecule has 1 aromatic heterocycles. The molecule has 14 heteroatoms. The van der Waals surface area contributed by atoms with Gasteiger partial charge in [0, 0.05) is 38.2 Å². The van der Waals surface area contributed by atoms with Gasteiger partial charge in [0.1, 0.15) is 23.3 Å². The predicted molar refractivity (Wildman–Crippen MR) is 119 cm³/mol. The molecule has 2 aliphatic heterocycles. The summed E-state index contributed by atoms with van der Waals surface area (Å²) < 4.78 is 35.3. The number of rotatable bonds is 7. The highest BCUT2D eigenvalue weighted by Crippen LogP contribution is 2.31. The first-order valence-electron chi connectivity index (χ1n) is 11.2. The number of hydrogen-bond acceptors (Lipinski definition) is 8. The summed E-state index contributed by atoms with van der Waals surface area (Å²) in [4.78, 5) is 38.5. The zero-order valence-electron chi connectivity index (χ0n) is 19.1. The number of carbonyl (C=O) groups is 3. The Labute approximate surface area is 199 Å². The van der Waals surface area contributed by atoms with Crippen LogP contribution in [0.3, 0.4) is 0 Å². The molecule has 1 atom stereocenters. The van der Waals surface area contributed by atoms with Gasteiger partial charge in [0.25, 0.3) is 0 Å². The number of ether oxygens (including phenoxy) is 1. The van der Waals surface area contributed by atoms with E-state index in [2.05, 4.69) is 26.2 Å². The topological polar surface area (TPSA) is 136 Å². The standard InChI is InChI=1S/C21H26F2N8O4/c1-13(32)2-3-16-12-30(21(34)35-16)15-8-17(22)19(18(23)9-15)29-5-4-26-31(7-6-29)20(33)24-10-14-11-25-28-27-14/h8-9,11,16,26H,2-7,10,12H2,1H3,(H,24,33)(H,25,27,28)/t16-/m0/s1. The number of aromatic nitrogens is 3. The number of urea groups is 1. The number of carbonyl (C=O) groups excluding carboxylic acids is 3. The molecule has 1 aromatic carbocycles. The van der Waals surface area contributed by atoms with Gasteiger partial charge >= 0.3 is 12.1 Å². The first kappa shape index (κ1) is 24.3. The van der Waals surface area contributed by atoms with Gasteiger partial charge in [0.2, 0.25) is 0 Å². The number of nitrogens with zero attached hydrogens (tertiary/aromatic N) is 5. The van der Waals surface area contributed by atoms with Crippen molar-refractivity contribution < 1.29 is 27.9 Å². The molecule has 188 valence electrons. The van der Waals surface area contributed by atoms with Crippen LogP contribution in [0, 0.1) is 11.6 Å². The van der Waals surface area contributed by atoms with Gasteiger partial charge in [-0.05, 0) is 13.3 Å². The fourth-order valence-corrected chi connectivity index (χ4v) is 3.96. The highest BCUT2D eigenvalue weighted by molar-refractivity contribution is 5.90. The Morgan fingerprint density at radius 1 is 1.23 bits per heavy atom. The highest BCUT2D eigenvalue weighted by atomic mass is 19.1. The summed E-state index contributed by atoms with van der Waals surface area (Å²) in [7, 11) is 0. The van der Waals surface area contributed by atoms with Crippen molar-refractivity contribution in [3.05, 3.63) is 35.7 Å². The molecular weight excluding hydrogens is 466 g/mol. The van der Waals surface area contributed by atoms with E-state index in [9.17, 15) is 14.4 Å². The molecule has 2 fully saturated rings. The zero-order chi connectivity index (χ0) is 24.9. The summed E-state index contributed by atoms with van der Waals surface area (Å²) in [6, 6.07) is 1.78. The Bertz CT molecular complexity index is 1060. The number of hydrazine groups is 1. The van der Waals surface area contributed by atoms with Crippen LogP contribution in [0.4, 0.5) is 29.7 Å². The second kappa shape index (κ2) is 10.6. The van der Waals surface area contributed by atoms with Crippen molar-refractivity contribution >= 4 is 29.3 Å². The SMILES string of the molecule is CC(=O)CC[C@H]1CN(c2cc(F)c(N3CCNN(C(=O)NCc4cn[nH]n4)CC3)c(F)c2)C(=O)O1. The van der Waals surface area contributed by atoms with Gasteiger partial charge in [-0.3, -0.25) is 9.91 Å². The first-order chi connectivity index (χ1) is 16.8. The smallest absolute Gasteiger partial charge is 0.414 e. The number of cyclic esters (lactones) is 1. The maximum atomic E-state index is 15.1. The molecule has 2 aliphatic rings. The Hall–Kier alpha value is -3.81. The molecule has 35 heavy (non-hydrogen) atoms. The third-order valence-corrected chi connectivity index (χ3v) is 5.73. The Morgan fingerprint density at radius 3 is 2.69 bits per heavy atom. The van der Waals surface area contributed by atoms with Crippen LogP contribution in [0.15, 0.2) is 18.3 Å². The van der Waals surface area contributed by atoms with E-state index in [1.54, 1.807) is 0 Å². The quantitative estimate of drug-likeness (QED) is 0.527. The molecule has 0 bridgehead atoms. The van der Waals surface area contributed by atoms with Gasteiger partial charge in [-0.2, -0.15) is 15.4 Å². The number of halogens is 2. The number of amides is 3. The van der Waals surface area contributed by atoms with Crippen molar-refractivity contribution in [3.63, 3.8) is 0 Å². The van der Waals surface area contributed by atoms with Gasteiger partial charge in [-0.15, -0.1) is 0 Å². The Morgan fingerprint density at radius 2 is 2.00 bits per heavy atom. The lowest BCUT2D eigenvalue weighted by Gasteiger charge is -2.25. The molecule has 12 nitrogen and oxygen atoms in total. The zero-order valence-corrected chi connectivity index (χ0v) is 19.1. The van der Waals surface area contributed by atoms with Crippen molar-refractivity contribution in [3.8, 4) is 0 Å². The van der Waals surface area contributed by atoms with Crippen LogP contribution in [0.1, 0.15) is 25.5 Å².